The van der Waals surface area contributed by atoms with Crippen LogP contribution in [0.15, 0.2) is 0 Å². The normalized spacial score (nSPS) is 20.3. The minimum atomic E-state index is -3.14. The Balaban J connectivity index is 2.55. The molecule has 2 N–H and O–H groups in total. The van der Waals surface area contributed by atoms with E-state index in [1.54, 1.807) is 4.90 Å². The highest BCUT2D eigenvalue weighted by atomic mass is 32.2. The number of carbonyl (C=O) groups excluding carboxylic acids is 1. The van der Waals surface area contributed by atoms with Crippen LogP contribution < -0.4 is 5.73 Å². The Morgan fingerprint density at radius 2 is 1.82 bits per heavy atom. The Hall–Kier alpha value is -0.660. The van der Waals surface area contributed by atoms with Gasteiger partial charge in [-0.2, -0.15) is 4.31 Å². The van der Waals surface area contributed by atoms with Crippen LogP contribution in [-0.4, -0.2) is 62.5 Å². The highest BCUT2D eigenvalue weighted by Crippen LogP contribution is 2.11. The maximum Gasteiger partial charge on any atom is 0.227 e. The van der Waals surface area contributed by atoms with Crippen LogP contribution in [-0.2, 0) is 14.8 Å². The molecule has 0 saturated carbocycles. The number of rotatable bonds is 4. The second-order valence-corrected chi connectivity index (χ2v) is 6.31. The van der Waals surface area contributed by atoms with E-state index in [9.17, 15) is 13.2 Å². The van der Waals surface area contributed by atoms with Crippen molar-refractivity contribution in [3.63, 3.8) is 0 Å². The maximum absolute atomic E-state index is 12.0. The van der Waals surface area contributed by atoms with Gasteiger partial charge in [-0.05, 0) is 6.42 Å². The monoisotopic (exact) mass is 263 g/mol. The zero-order valence-corrected chi connectivity index (χ0v) is 11.2. The van der Waals surface area contributed by atoms with Crippen LogP contribution in [0.2, 0.25) is 0 Å². The molecule has 0 aromatic heterocycles. The summed E-state index contributed by atoms with van der Waals surface area (Å²) in [6.45, 7) is 3.96. The molecular formula is C10H21N3O3S. The summed E-state index contributed by atoms with van der Waals surface area (Å²) in [5.41, 5.74) is 5.53. The Morgan fingerprint density at radius 3 is 2.18 bits per heavy atom. The number of nitrogens with zero attached hydrogens (tertiary/aromatic N) is 2. The fraction of sp³-hybridized carbons (Fsp3) is 0.900. The average Bonchev–Trinajstić information content (AvgIpc) is 2.29. The zero-order chi connectivity index (χ0) is 13.1. The van der Waals surface area contributed by atoms with E-state index < -0.39 is 10.0 Å². The summed E-state index contributed by atoms with van der Waals surface area (Å²) in [5, 5.41) is 0. The summed E-state index contributed by atoms with van der Waals surface area (Å²) < 4.78 is 24.0. The van der Waals surface area contributed by atoms with E-state index in [1.807, 2.05) is 6.92 Å². The van der Waals surface area contributed by atoms with Crippen molar-refractivity contribution >= 4 is 15.9 Å². The first kappa shape index (κ1) is 14.4. The van der Waals surface area contributed by atoms with E-state index >= 15 is 0 Å². The predicted molar refractivity (Wildman–Crippen MR) is 65.8 cm³/mol. The number of amides is 1. The fourth-order valence-electron chi connectivity index (χ4n) is 1.94. The van der Waals surface area contributed by atoms with Gasteiger partial charge in [0, 0.05) is 32.7 Å². The van der Waals surface area contributed by atoms with E-state index in [0.29, 0.717) is 32.7 Å². The Kier molecular flexibility index (Phi) is 4.91. The molecule has 0 aliphatic carbocycles. The molecule has 0 aromatic rings. The second-order valence-electron chi connectivity index (χ2n) is 4.33. The lowest BCUT2D eigenvalue weighted by Crippen LogP contribution is -2.52. The van der Waals surface area contributed by atoms with Gasteiger partial charge in [-0.1, -0.05) is 6.92 Å². The summed E-state index contributed by atoms with van der Waals surface area (Å²) in [6.07, 6.45) is 1.92. The minimum absolute atomic E-state index is 0.0446. The van der Waals surface area contributed by atoms with Gasteiger partial charge in [-0.25, -0.2) is 8.42 Å². The van der Waals surface area contributed by atoms with Crippen LogP contribution in [0.25, 0.3) is 0 Å². The van der Waals surface area contributed by atoms with E-state index in [-0.39, 0.29) is 11.8 Å². The van der Waals surface area contributed by atoms with Crippen molar-refractivity contribution in [1.29, 1.82) is 0 Å². The Morgan fingerprint density at radius 1 is 1.29 bits per heavy atom. The summed E-state index contributed by atoms with van der Waals surface area (Å²) in [4.78, 5) is 13.7. The fourth-order valence-corrected chi connectivity index (χ4v) is 2.77. The van der Waals surface area contributed by atoms with Crippen molar-refractivity contribution in [2.45, 2.75) is 13.3 Å². The van der Waals surface area contributed by atoms with Crippen molar-refractivity contribution in [2.24, 2.45) is 11.7 Å². The third-order valence-electron chi connectivity index (χ3n) is 3.15. The van der Waals surface area contributed by atoms with Gasteiger partial charge in [0.1, 0.15) is 0 Å². The first-order chi connectivity index (χ1) is 7.90. The van der Waals surface area contributed by atoms with E-state index in [0.717, 1.165) is 6.42 Å². The van der Waals surface area contributed by atoms with Gasteiger partial charge < -0.3 is 10.6 Å². The number of hydrogen-bond donors (Lipinski definition) is 1. The largest absolute Gasteiger partial charge is 0.340 e. The standard InChI is InChI=1S/C10H21N3O3S/c1-3-9(8-11)10(14)12-4-6-13(7-5-12)17(2,15)16/h9H,3-8,11H2,1-2H3. The van der Waals surface area contributed by atoms with Gasteiger partial charge in [0.25, 0.3) is 0 Å². The number of hydrogen-bond acceptors (Lipinski definition) is 4. The third kappa shape index (κ3) is 3.65. The van der Waals surface area contributed by atoms with Crippen LogP contribution in [0.4, 0.5) is 0 Å². The number of piperazine rings is 1. The maximum atomic E-state index is 12.0. The van der Waals surface area contributed by atoms with E-state index in [1.165, 1.54) is 10.6 Å². The SMILES string of the molecule is CCC(CN)C(=O)N1CCN(S(C)(=O)=O)CC1. The molecule has 7 heteroatoms. The molecular weight excluding hydrogens is 242 g/mol. The van der Waals surface area contributed by atoms with E-state index in [4.69, 9.17) is 5.73 Å². The smallest absolute Gasteiger partial charge is 0.227 e. The topological polar surface area (TPSA) is 83.7 Å². The van der Waals surface area contributed by atoms with Crippen LogP contribution >= 0.6 is 0 Å². The minimum Gasteiger partial charge on any atom is -0.340 e. The molecule has 6 nitrogen and oxygen atoms in total. The highest BCUT2D eigenvalue weighted by molar-refractivity contribution is 7.88. The van der Waals surface area contributed by atoms with E-state index in [2.05, 4.69) is 0 Å². The number of nitrogens with two attached hydrogens (primary N) is 1. The summed E-state index contributed by atoms with van der Waals surface area (Å²) in [6, 6.07) is 0. The molecule has 1 fully saturated rings. The van der Waals surface area contributed by atoms with Crippen molar-refractivity contribution in [1.82, 2.24) is 9.21 Å². The summed E-state index contributed by atoms with van der Waals surface area (Å²) in [5.74, 6) is -0.0945. The molecule has 1 aliphatic heterocycles. The Labute approximate surface area is 103 Å². The van der Waals surface area contributed by atoms with Crippen molar-refractivity contribution < 1.29 is 13.2 Å². The zero-order valence-electron chi connectivity index (χ0n) is 10.4. The lowest BCUT2D eigenvalue weighted by Gasteiger charge is -2.34. The first-order valence-corrected chi connectivity index (χ1v) is 7.69. The molecule has 1 aliphatic rings. The van der Waals surface area contributed by atoms with Gasteiger partial charge in [0.05, 0.1) is 12.2 Å². The number of sulfonamides is 1. The van der Waals surface area contributed by atoms with Crippen LogP contribution in [0, 0.1) is 5.92 Å². The van der Waals surface area contributed by atoms with Gasteiger partial charge in [-0.15, -0.1) is 0 Å². The van der Waals surface area contributed by atoms with Gasteiger partial charge in [0.15, 0.2) is 0 Å². The molecule has 17 heavy (non-hydrogen) atoms. The molecule has 0 spiro atoms. The Bertz CT molecular complexity index is 357. The van der Waals surface area contributed by atoms with Crippen LogP contribution in [0.1, 0.15) is 13.3 Å². The molecule has 0 aromatic carbocycles. The summed E-state index contributed by atoms with van der Waals surface area (Å²) in [7, 11) is -3.14. The first-order valence-electron chi connectivity index (χ1n) is 5.84. The molecule has 1 saturated heterocycles. The van der Waals surface area contributed by atoms with Crippen molar-refractivity contribution in [2.75, 3.05) is 39.0 Å². The molecule has 1 amide bonds. The molecule has 1 unspecified atom stereocenters. The summed E-state index contributed by atoms with van der Waals surface area (Å²) >= 11 is 0. The highest BCUT2D eigenvalue weighted by Gasteiger charge is 2.28. The lowest BCUT2D eigenvalue weighted by atomic mass is 10.1. The van der Waals surface area contributed by atoms with Crippen molar-refractivity contribution in [3.05, 3.63) is 0 Å². The van der Waals surface area contributed by atoms with Crippen molar-refractivity contribution in [3.8, 4) is 0 Å². The molecule has 1 rings (SSSR count). The average molecular weight is 263 g/mol. The third-order valence-corrected chi connectivity index (χ3v) is 4.45. The molecule has 0 bridgehead atoms. The van der Waals surface area contributed by atoms with Gasteiger partial charge in [-0.3, -0.25) is 4.79 Å². The molecule has 1 atom stereocenters. The number of carbonyl (C=O) groups is 1. The molecule has 0 radical (unpaired) electrons. The van der Waals surface area contributed by atoms with Crippen LogP contribution in [0.5, 0.6) is 0 Å². The van der Waals surface area contributed by atoms with Gasteiger partial charge in [0.2, 0.25) is 15.9 Å². The quantitative estimate of drug-likeness (QED) is 0.710. The lowest BCUT2D eigenvalue weighted by molar-refractivity contribution is -0.136. The second kappa shape index (κ2) is 5.79. The van der Waals surface area contributed by atoms with Crippen LogP contribution in [0.3, 0.4) is 0 Å². The molecule has 1 heterocycles. The molecule has 100 valence electrons. The van der Waals surface area contributed by atoms with Gasteiger partial charge >= 0.3 is 0 Å². The predicted octanol–water partition coefficient (Wildman–Crippen LogP) is -0.925.